The molecule has 1 amide bonds. The van der Waals surface area contributed by atoms with Gasteiger partial charge in [-0.3, -0.25) is 4.79 Å². The summed E-state index contributed by atoms with van der Waals surface area (Å²) in [6.45, 7) is 3.70. The summed E-state index contributed by atoms with van der Waals surface area (Å²) in [4.78, 5) is 11.9. The topological polar surface area (TPSA) is 73.6 Å². The molecule has 1 fully saturated rings. The van der Waals surface area contributed by atoms with Crippen LogP contribution in [0.5, 0.6) is 5.75 Å². The first-order valence-corrected chi connectivity index (χ1v) is 7.51. The van der Waals surface area contributed by atoms with Crippen LogP contribution in [0.1, 0.15) is 24.8 Å². The summed E-state index contributed by atoms with van der Waals surface area (Å²) in [5.74, 6) is 0.818. The van der Waals surface area contributed by atoms with Crippen LogP contribution in [0.25, 0.3) is 0 Å². The Morgan fingerprint density at radius 3 is 2.81 bits per heavy atom. The monoisotopic (exact) mass is 292 g/mol. The Hall–Kier alpha value is -1.59. The molecule has 2 rings (SSSR count). The van der Waals surface area contributed by atoms with Crippen LogP contribution >= 0.6 is 0 Å². The van der Waals surface area contributed by atoms with Crippen LogP contribution in [-0.2, 0) is 9.53 Å². The van der Waals surface area contributed by atoms with E-state index in [2.05, 4.69) is 5.32 Å². The quantitative estimate of drug-likeness (QED) is 0.745. The molecular formula is C16H24N2O3. The Morgan fingerprint density at radius 2 is 2.14 bits per heavy atom. The maximum absolute atomic E-state index is 11.9. The Morgan fingerprint density at radius 1 is 1.38 bits per heavy atom. The smallest absolute Gasteiger partial charge is 0.249 e. The summed E-state index contributed by atoms with van der Waals surface area (Å²) in [6, 6.07) is 7.94. The van der Waals surface area contributed by atoms with Gasteiger partial charge in [0.15, 0.2) is 0 Å². The highest BCUT2D eigenvalue weighted by Gasteiger charge is 2.29. The van der Waals surface area contributed by atoms with E-state index in [-0.39, 0.29) is 18.1 Å². The fourth-order valence-corrected chi connectivity index (χ4v) is 2.29. The van der Waals surface area contributed by atoms with Crippen molar-refractivity contribution in [3.8, 4) is 5.75 Å². The van der Waals surface area contributed by atoms with Gasteiger partial charge in [-0.25, -0.2) is 0 Å². The molecule has 0 radical (unpaired) electrons. The third-order valence-corrected chi connectivity index (χ3v) is 3.57. The van der Waals surface area contributed by atoms with Gasteiger partial charge in [0.05, 0.1) is 12.7 Å². The lowest BCUT2D eigenvalue weighted by Crippen LogP contribution is -2.36. The Labute approximate surface area is 125 Å². The van der Waals surface area contributed by atoms with Crippen molar-refractivity contribution in [2.24, 2.45) is 5.73 Å². The van der Waals surface area contributed by atoms with Gasteiger partial charge in [0.25, 0.3) is 0 Å². The summed E-state index contributed by atoms with van der Waals surface area (Å²) in [5, 5.41) is 2.88. The lowest BCUT2D eigenvalue weighted by atomic mass is 10.2. The largest absolute Gasteiger partial charge is 0.494 e. The molecule has 1 aliphatic rings. The van der Waals surface area contributed by atoms with Crippen molar-refractivity contribution in [1.82, 2.24) is 5.32 Å². The van der Waals surface area contributed by atoms with Gasteiger partial charge in [0, 0.05) is 13.1 Å². The zero-order chi connectivity index (χ0) is 15.1. The first kappa shape index (κ1) is 15.8. The highest BCUT2D eigenvalue weighted by atomic mass is 16.5. The highest BCUT2D eigenvalue weighted by molar-refractivity contribution is 5.80. The Kier molecular flexibility index (Phi) is 6.02. The van der Waals surface area contributed by atoms with E-state index in [1.807, 2.05) is 31.2 Å². The number of carbonyl (C=O) groups excluding carboxylic acids is 1. The minimum Gasteiger partial charge on any atom is -0.494 e. The number of amides is 1. The van der Waals surface area contributed by atoms with Crippen LogP contribution in [0.2, 0.25) is 0 Å². The Bertz CT molecular complexity index is 447. The number of rotatable bonds is 7. The van der Waals surface area contributed by atoms with Gasteiger partial charge >= 0.3 is 0 Å². The number of hydrogen-bond acceptors (Lipinski definition) is 4. The van der Waals surface area contributed by atoms with Gasteiger partial charge in [-0.2, -0.15) is 0 Å². The zero-order valence-electron chi connectivity index (χ0n) is 12.5. The second kappa shape index (κ2) is 8.00. The fourth-order valence-electron chi connectivity index (χ4n) is 2.29. The van der Waals surface area contributed by atoms with Crippen LogP contribution in [0.4, 0.5) is 0 Å². The van der Waals surface area contributed by atoms with Crippen molar-refractivity contribution in [1.29, 1.82) is 0 Å². The van der Waals surface area contributed by atoms with Crippen molar-refractivity contribution in [2.75, 3.05) is 19.7 Å². The minimum absolute atomic E-state index is 0.0330. The molecule has 116 valence electrons. The van der Waals surface area contributed by atoms with E-state index >= 15 is 0 Å². The van der Waals surface area contributed by atoms with Crippen molar-refractivity contribution in [2.45, 2.75) is 38.4 Å². The summed E-state index contributed by atoms with van der Waals surface area (Å²) < 4.78 is 11.1. The molecule has 0 unspecified atom stereocenters. The Balaban J connectivity index is 1.57. The van der Waals surface area contributed by atoms with Crippen LogP contribution in [-0.4, -0.2) is 37.8 Å². The van der Waals surface area contributed by atoms with Crippen LogP contribution in [0.3, 0.4) is 0 Å². The average Bonchev–Trinajstić information content (AvgIpc) is 2.98. The predicted molar refractivity (Wildman–Crippen MR) is 81.3 cm³/mol. The minimum atomic E-state index is -0.337. The maximum atomic E-state index is 11.9. The number of ether oxygens (including phenoxy) is 2. The number of carbonyl (C=O) groups is 1. The molecule has 1 aromatic rings. The molecule has 0 bridgehead atoms. The molecule has 21 heavy (non-hydrogen) atoms. The fraction of sp³-hybridized carbons (Fsp3) is 0.562. The van der Waals surface area contributed by atoms with E-state index < -0.39 is 0 Å². The molecule has 0 aliphatic carbocycles. The molecule has 1 aromatic carbocycles. The third-order valence-electron chi connectivity index (χ3n) is 3.57. The van der Waals surface area contributed by atoms with Crippen LogP contribution in [0.15, 0.2) is 24.3 Å². The van der Waals surface area contributed by atoms with E-state index in [0.29, 0.717) is 19.7 Å². The van der Waals surface area contributed by atoms with E-state index in [0.717, 1.165) is 25.0 Å². The molecule has 1 saturated heterocycles. The SMILES string of the molecule is Cc1ccc(OCCCNC(=O)[C@@H]2CC[C@H](CN)O2)cc1. The molecule has 0 saturated carbocycles. The normalized spacial score (nSPS) is 21.2. The van der Waals surface area contributed by atoms with Gasteiger partial charge in [-0.05, 0) is 38.3 Å². The molecule has 3 N–H and O–H groups in total. The molecule has 0 aromatic heterocycles. The number of aryl methyl sites for hydroxylation is 1. The lowest BCUT2D eigenvalue weighted by molar-refractivity contribution is -0.131. The second-order valence-corrected chi connectivity index (χ2v) is 5.37. The van der Waals surface area contributed by atoms with Crippen molar-refractivity contribution in [3.63, 3.8) is 0 Å². The first-order chi connectivity index (χ1) is 10.2. The van der Waals surface area contributed by atoms with Crippen molar-refractivity contribution >= 4 is 5.91 Å². The molecular weight excluding hydrogens is 268 g/mol. The maximum Gasteiger partial charge on any atom is 0.249 e. The molecule has 1 heterocycles. The third kappa shape index (κ3) is 5.02. The standard InChI is InChI=1S/C16H24N2O3/c1-12-3-5-13(6-4-12)20-10-2-9-18-16(19)15-8-7-14(11-17)21-15/h3-6,14-15H,2,7-11,17H2,1H3,(H,18,19)/t14-,15+/m1/s1. The summed E-state index contributed by atoms with van der Waals surface area (Å²) in [5.41, 5.74) is 6.74. The second-order valence-electron chi connectivity index (χ2n) is 5.37. The van der Waals surface area contributed by atoms with E-state index in [1.54, 1.807) is 0 Å². The van der Waals surface area contributed by atoms with E-state index in [1.165, 1.54) is 5.56 Å². The number of hydrogen-bond donors (Lipinski definition) is 2. The summed E-state index contributed by atoms with van der Waals surface area (Å²) in [6.07, 6.45) is 2.09. The molecule has 2 atom stereocenters. The van der Waals surface area contributed by atoms with Crippen LogP contribution < -0.4 is 15.8 Å². The predicted octanol–water partition coefficient (Wildman–Crippen LogP) is 1.39. The number of nitrogens with one attached hydrogen (secondary N) is 1. The number of benzene rings is 1. The van der Waals surface area contributed by atoms with E-state index in [9.17, 15) is 4.79 Å². The van der Waals surface area contributed by atoms with Gasteiger partial charge < -0.3 is 20.5 Å². The van der Waals surface area contributed by atoms with Crippen molar-refractivity contribution in [3.05, 3.63) is 29.8 Å². The van der Waals surface area contributed by atoms with Gasteiger partial charge in [0.1, 0.15) is 11.9 Å². The number of nitrogens with two attached hydrogens (primary N) is 1. The zero-order valence-corrected chi connectivity index (χ0v) is 12.5. The molecule has 0 spiro atoms. The lowest BCUT2D eigenvalue weighted by Gasteiger charge is -2.13. The highest BCUT2D eigenvalue weighted by Crippen LogP contribution is 2.18. The van der Waals surface area contributed by atoms with Crippen LogP contribution in [0, 0.1) is 6.92 Å². The van der Waals surface area contributed by atoms with Crippen molar-refractivity contribution < 1.29 is 14.3 Å². The summed E-state index contributed by atoms with van der Waals surface area (Å²) in [7, 11) is 0. The molecule has 5 heteroatoms. The van der Waals surface area contributed by atoms with Gasteiger partial charge in [-0.1, -0.05) is 17.7 Å². The van der Waals surface area contributed by atoms with Gasteiger partial charge in [-0.15, -0.1) is 0 Å². The molecule has 1 aliphatic heterocycles. The molecule has 5 nitrogen and oxygen atoms in total. The van der Waals surface area contributed by atoms with Gasteiger partial charge in [0.2, 0.25) is 5.91 Å². The first-order valence-electron chi connectivity index (χ1n) is 7.51. The summed E-state index contributed by atoms with van der Waals surface area (Å²) >= 11 is 0. The average molecular weight is 292 g/mol. The van der Waals surface area contributed by atoms with E-state index in [4.69, 9.17) is 15.2 Å².